The van der Waals surface area contributed by atoms with Crippen LogP contribution in [0.4, 0.5) is 5.69 Å². The normalized spacial score (nSPS) is 8.25. The van der Waals surface area contributed by atoms with Gasteiger partial charge >= 0.3 is 0 Å². The molecule has 0 spiro atoms. The van der Waals surface area contributed by atoms with Crippen LogP contribution >= 0.6 is 0 Å². The summed E-state index contributed by atoms with van der Waals surface area (Å²) in [5.41, 5.74) is 8.19. The van der Waals surface area contributed by atoms with Gasteiger partial charge in [0.05, 0.1) is 0 Å². The Balaban J connectivity index is 0.000000561. The molecule has 0 atom stereocenters. The van der Waals surface area contributed by atoms with E-state index in [1.807, 2.05) is 32.9 Å². The lowest BCUT2D eigenvalue weighted by molar-refractivity contribution is 1.43. The summed E-state index contributed by atoms with van der Waals surface area (Å²) < 4.78 is 0. The lowest BCUT2D eigenvalue weighted by atomic mass is 10.1. The molecule has 0 aromatic heterocycles. The van der Waals surface area contributed by atoms with Crippen LogP contribution in [0.15, 0.2) is 18.2 Å². The highest BCUT2D eigenvalue weighted by atomic mass is 14.5. The van der Waals surface area contributed by atoms with Crippen LogP contribution in [0.2, 0.25) is 0 Å². The zero-order valence-electron chi connectivity index (χ0n) is 7.89. The number of anilines is 1. The number of nitrogens with two attached hydrogens (primary N) is 1. The van der Waals surface area contributed by atoms with Gasteiger partial charge in [-0.15, -0.1) is 0 Å². The summed E-state index contributed by atoms with van der Waals surface area (Å²) in [6, 6.07) is 5.54. The van der Waals surface area contributed by atoms with E-state index in [9.17, 15) is 0 Å². The maximum Gasteiger partial charge on any atom is 0.0320 e. The summed E-state index contributed by atoms with van der Waals surface area (Å²) in [5.74, 6) is 0. The van der Waals surface area contributed by atoms with Crippen molar-refractivity contribution in [2.75, 3.05) is 5.73 Å². The standard InChI is InChI=1S/C8H10N2.C2H6/c1-6-2-3-8(10)4-7(6)5-9;1-2/h2-5,9H,10H2,1H3;1-2H3. The molecule has 12 heavy (non-hydrogen) atoms. The zero-order valence-corrected chi connectivity index (χ0v) is 7.89. The van der Waals surface area contributed by atoms with Gasteiger partial charge < -0.3 is 11.1 Å². The third-order valence-corrected chi connectivity index (χ3v) is 1.46. The molecule has 0 amide bonds. The molecule has 0 bridgehead atoms. The highest BCUT2D eigenvalue weighted by molar-refractivity contribution is 5.80. The number of nitrogens with one attached hydrogen (secondary N) is 1. The molecule has 66 valence electrons. The van der Waals surface area contributed by atoms with Gasteiger partial charge in [-0.25, -0.2) is 0 Å². The molecule has 2 nitrogen and oxygen atoms in total. The molecule has 0 radical (unpaired) electrons. The van der Waals surface area contributed by atoms with Crippen molar-refractivity contribution in [2.45, 2.75) is 20.8 Å². The van der Waals surface area contributed by atoms with E-state index in [0.717, 1.165) is 11.1 Å². The Morgan fingerprint density at radius 2 is 1.92 bits per heavy atom. The minimum atomic E-state index is 0.712. The summed E-state index contributed by atoms with van der Waals surface area (Å²) in [4.78, 5) is 0. The highest BCUT2D eigenvalue weighted by Gasteiger charge is 1.92. The molecule has 1 aromatic rings. The van der Waals surface area contributed by atoms with Gasteiger partial charge in [-0.05, 0) is 30.2 Å². The van der Waals surface area contributed by atoms with Crippen molar-refractivity contribution < 1.29 is 0 Å². The molecule has 0 aliphatic heterocycles. The largest absolute Gasteiger partial charge is 0.399 e. The van der Waals surface area contributed by atoms with Gasteiger partial charge in [0, 0.05) is 11.9 Å². The number of benzene rings is 1. The third kappa shape index (κ3) is 2.74. The Kier molecular flexibility index (Phi) is 4.77. The highest BCUT2D eigenvalue weighted by Crippen LogP contribution is 2.09. The molecule has 0 saturated heterocycles. The second-order valence-corrected chi connectivity index (χ2v) is 2.26. The molecule has 0 unspecified atom stereocenters. The van der Waals surface area contributed by atoms with Crippen molar-refractivity contribution in [1.82, 2.24) is 0 Å². The van der Waals surface area contributed by atoms with Crippen LogP contribution in [0.1, 0.15) is 25.0 Å². The van der Waals surface area contributed by atoms with Crippen LogP contribution in [0.5, 0.6) is 0 Å². The zero-order chi connectivity index (χ0) is 9.56. The Hall–Kier alpha value is -1.31. The Morgan fingerprint density at radius 3 is 2.33 bits per heavy atom. The summed E-state index contributed by atoms with van der Waals surface area (Å²) in [7, 11) is 0. The van der Waals surface area contributed by atoms with Crippen molar-refractivity contribution in [3.63, 3.8) is 0 Å². The van der Waals surface area contributed by atoms with E-state index >= 15 is 0 Å². The first-order valence-corrected chi connectivity index (χ1v) is 4.10. The van der Waals surface area contributed by atoms with Crippen molar-refractivity contribution in [2.24, 2.45) is 0 Å². The van der Waals surface area contributed by atoms with Gasteiger partial charge in [-0.3, -0.25) is 0 Å². The summed E-state index contributed by atoms with van der Waals surface area (Å²) >= 11 is 0. The van der Waals surface area contributed by atoms with Crippen molar-refractivity contribution in [3.05, 3.63) is 29.3 Å². The maximum absolute atomic E-state index is 7.00. The molecule has 0 heterocycles. The summed E-state index contributed by atoms with van der Waals surface area (Å²) in [6.45, 7) is 5.96. The van der Waals surface area contributed by atoms with Gasteiger partial charge in [0.1, 0.15) is 0 Å². The fraction of sp³-hybridized carbons (Fsp3) is 0.300. The molecule has 1 rings (SSSR count). The molecule has 0 aliphatic carbocycles. The van der Waals surface area contributed by atoms with Crippen LogP contribution < -0.4 is 5.73 Å². The van der Waals surface area contributed by atoms with E-state index in [1.54, 1.807) is 6.07 Å². The molecule has 0 fully saturated rings. The van der Waals surface area contributed by atoms with Crippen LogP contribution in [0, 0.1) is 12.3 Å². The van der Waals surface area contributed by atoms with Crippen molar-refractivity contribution in [3.8, 4) is 0 Å². The predicted octanol–water partition coefficient (Wildman–Crippen LogP) is 2.60. The number of hydrogen-bond donors (Lipinski definition) is 2. The van der Waals surface area contributed by atoms with E-state index in [0.29, 0.717) is 5.69 Å². The Bertz CT molecular complexity index is 254. The summed E-state index contributed by atoms with van der Waals surface area (Å²) in [6.07, 6.45) is 1.31. The average Bonchev–Trinajstić information content (AvgIpc) is 2.13. The monoisotopic (exact) mass is 164 g/mol. The third-order valence-electron chi connectivity index (χ3n) is 1.46. The Morgan fingerprint density at radius 1 is 1.33 bits per heavy atom. The van der Waals surface area contributed by atoms with E-state index < -0.39 is 0 Å². The van der Waals surface area contributed by atoms with Crippen LogP contribution in [0.3, 0.4) is 0 Å². The van der Waals surface area contributed by atoms with Gasteiger partial charge in [0.25, 0.3) is 0 Å². The predicted molar refractivity (Wildman–Crippen MR) is 54.8 cm³/mol. The minimum Gasteiger partial charge on any atom is -0.399 e. The van der Waals surface area contributed by atoms with E-state index in [-0.39, 0.29) is 0 Å². The number of aryl methyl sites for hydroxylation is 1. The molecule has 0 aliphatic rings. The number of rotatable bonds is 1. The Labute approximate surface area is 73.9 Å². The first-order valence-electron chi connectivity index (χ1n) is 4.10. The van der Waals surface area contributed by atoms with Gasteiger partial charge in [0.2, 0.25) is 0 Å². The topological polar surface area (TPSA) is 49.9 Å². The smallest absolute Gasteiger partial charge is 0.0320 e. The first-order chi connectivity index (χ1) is 5.74. The number of nitrogen functional groups attached to an aromatic ring is 1. The van der Waals surface area contributed by atoms with Gasteiger partial charge in [-0.2, -0.15) is 0 Å². The van der Waals surface area contributed by atoms with Crippen molar-refractivity contribution in [1.29, 1.82) is 5.41 Å². The van der Waals surface area contributed by atoms with Crippen molar-refractivity contribution >= 4 is 11.9 Å². The van der Waals surface area contributed by atoms with Crippen LogP contribution in [-0.4, -0.2) is 6.21 Å². The van der Waals surface area contributed by atoms with E-state index in [4.69, 9.17) is 11.1 Å². The maximum atomic E-state index is 7.00. The molecule has 3 N–H and O–H groups in total. The first kappa shape index (κ1) is 10.7. The van der Waals surface area contributed by atoms with E-state index in [2.05, 4.69) is 0 Å². The lowest BCUT2D eigenvalue weighted by Gasteiger charge is -1.98. The second-order valence-electron chi connectivity index (χ2n) is 2.26. The molecule has 1 aromatic carbocycles. The second kappa shape index (κ2) is 5.35. The summed E-state index contributed by atoms with van der Waals surface area (Å²) in [5, 5.41) is 7.00. The SMILES string of the molecule is CC.Cc1ccc(N)cc1C=N. The quantitative estimate of drug-likeness (QED) is 0.486. The van der Waals surface area contributed by atoms with Gasteiger partial charge in [0.15, 0.2) is 0 Å². The molecular formula is C10H16N2. The minimum absolute atomic E-state index is 0.712. The van der Waals surface area contributed by atoms with Crippen LogP contribution in [0.25, 0.3) is 0 Å². The molecule has 0 saturated carbocycles. The fourth-order valence-electron chi connectivity index (χ4n) is 0.814. The molecule has 2 heteroatoms. The lowest BCUT2D eigenvalue weighted by Crippen LogP contribution is -1.90. The fourth-order valence-corrected chi connectivity index (χ4v) is 0.814. The van der Waals surface area contributed by atoms with Gasteiger partial charge in [-0.1, -0.05) is 19.9 Å². The molecular weight excluding hydrogens is 148 g/mol. The van der Waals surface area contributed by atoms with Crippen LogP contribution in [-0.2, 0) is 0 Å². The van der Waals surface area contributed by atoms with E-state index in [1.165, 1.54) is 6.21 Å². The number of hydrogen-bond acceptors (Lipinski definition) is 2. The average molecular weight is 164 g/mol.